The lowest BCUT2D eigenvalue weighted by atomic mass is 9.74. The van der Waals surface area contributed by atoms with E-state index in [0.717, 1.165) is 41.0 Å². The van der Waals surface area contributed by atoms with Gasteiger partial charge in [-0.25, -0.2) is 0 Å². The number of anilines is 2. The highest BCUT2D eigenvalue weighted by Crippen LogP contribution is 2.35. The van der Waals surface area contributed by atoms with Gasteiger partial charge in [-0.15, -0.1) is 0 Å². The van der Waals surface area contributed by atoms with E-state index in [0.29, 0.717) is 6.42 Å². The Kier molecular flexibility index (Phi) is 6.20. The average Bonchev–Trinajstić information content (AvgIpc) is 2.71. The molecule has 0 aromatic heterocycles. The molecule has 0 saturated carbocycles. The van der Waals surface area contributed by atoms with E-state index in [1.165, 1.54) is 11.1 Å². The van der Waals surface area contributed by atoms with Gasteiger partial charge < -0.3 is 22.9 Å². The monoisotopic (exact) mass is 403 g/mol. The van der Waals surface area contributed by atoms with Crippen molar-refractivity contribution in [2.45, 2.75) is 51.0 Å². The molecule has 4 nitrogen and oxygen atoms in total. The summed E-state index contributed by atoms with van der Waals surface area (Å²) in [6.45, 7) is 6.61. The Morgan fingerprint density at radius 1 is 0.800 bits per heavy atom. The van der Waals surface area contributed by atoms with Crippen LogP contribution in [0.2, 0.25) is 0 Å². The number of rotatable bonds is 7. The Balaban J connectivity index is 1.90. The highest BCUT2D eigenvalue weighted by molar-refractivity contribution is 5.52. The van der Waals surface area contributed by atoms with Crippen LogP contribution in [0, 0.1) is 0 Å². The Morgan fingerprint density at radius 2 is 1.40 bits per heavy atom. The van der Waals surface area contributed by atoms with Crippen molar-refractivity contribution >= 4 is 17.1 Å². The van der Waals surface area contributed by atoms with Crippen molar-refractivity contribution in [2.75, 3.05) is 11.5 Å². The van der Waals surface area contributed by atoms with Crippen LogP contribution >= 0.6 is 0 Å². The third kappa shape index (κ3) is 4.84. The van der Waals surface area contributed by atoms with Gasteiger partial charge in [0, 0.05) is 16.9 Å². The summed E-state index contributed by atoms with van der Waals surface area (Å²) in [4.78, 5) is 0. The highest BCUT2D eigenvalue weighted by Gasteiger charge is 2.28. The van der Waals surface area contributed by atoms with Crippen LogP contribution in [0.3, 0.4) is 0 Å². The van der Waals surface area contributed by atoms with Gasteiger partial charge in [0.05, 0.1) is 0 Å². The van der Waals surface area contributed by atoms with Gasteiger partial charge in [0.2, 0.25) is 0 Å². The summed E-state index contributed by atoms with van der Waals surface area (Å²) in [5.74, 6) is 0. The lowest BCUT2D eigenvalue weighted by Gasteiger charge is -2.31. The minimum absolute atomic E-state index is 0.000899. The lowest BCUT2D eigenvalue weighted by Crippen LogP contribution is -2.40. The number of nitrogens with two attached hydrogens (primary N) is 3. The molecule has 3 aromatic carbocycles. The molecule has 158 valence electrons. The Hall–Kier alpha value is -2.82. The Labute approximate surface area is 180 Å². The third-order valence-electron chi connectivity index (χ3n) is 6.37. The van der Waals surface area contributed by atoms with Gasteiger partial charge in [-0.3, -0.25) is 0 Å². The number of nitrogen functional groups attached to an aromatic ring is 2. The fourth-order valence-electron chi connectivity index (χ4n) is 4.03. The number of hydrogen-bond acceptors (Lipinski definition) is 3. The maximum absolute atomic E-state index is 6.73. The van der Waals surface area contributed by atoms with E-state index in [1.54, 1.807) is 0 Å². The van der Waals surface area contributed by atoms with Crippen molar-refractivity contribution < 1.29 is 5.73 Å². The van der Waals surface area contributed by atoms with E-state index in [1.807, 2.05) is 30.3 Å². The molecule has 0 fully saturated rings. The molecule has 0 amide bonds. The zero-order valence-electron chi connectivity index (χ0n) is 18.4. The van der Waals surface area contributed by atoms with Gasteiger partial charge in [0.15, 0.2) is 0 Å². The summed E-state index contributed by atoms with van der Waals surface area (Å²) in [5, 5.41) is 0. The molecule has 2 unspecified atom stereocenters. The van der Waals surface area contributed by atoms with Crippen LogP contribution in [0.25, 0.3) is 0 Å². The van der Waals surface area contributed by atoms with Crippen molar-refractivity contribution in [1.82, 2.24) is 0 Å². The molecular weight excluding hydrogens is 368 g/mol. The fraction of sp³-hybridized carbons (Fsp3) is 0.308. The lowest BCUT2D eigenvalue weighted by molar-refractivity contribution is -0.254. The summed E-state index contributed by atoms with van der Waals surface area (Å²) in [5.41, 5.74) is 29.7. The Morgan fingerprint density at radius 3 is 2.00 bits per heavy atom. The molecule has 0 spiro atoms. The standard InChI is InChI=1S/C26H34N4/c1-4-25(2,16-18-5-10-22(27)11-6-18)21-9-14-24(29)19(15-21)17-26(3,30)20-7-12-23(28)13-8-20/h5-15H,4,16-17,27-30H2,1-3H3/p+1. The van der Waals surface area contributed by atoms with E-state index in [-0.39, 0.29) is 5.41 Å². The molecule has 30 heavy (non-hydrogen) atoms. The summed E-state index contributed by atoms with van der Waals surface area (Å²) >= 11 is 0. The summed E-state index contributed by atoms with van der Waals surface area (Å²) in [6.07, 6.45) is 2.63. The molecule has 0 saturated heterocycles. The van der Waals surface area contributed by atoms with Crippen LogP contribution in [0.5, 0.6) is 0 Å². The first-order valence-electron chi connectivity index (χ1n) is 10.6. The second-order valence-corrected chi connectivity index (χ2v) is 9.04. The zero-order valence-corrected chi connectivity index (χ0v) is 18.4. The van der Waals surface area contributed by atoms with Crippen LogP contribution in [0.1, 0.15) is 49.4 Å². The predicted octanol–water partition coefficient (Wildman–Crippen LogP) is 4.05. The maximum Gasteiger partial charge on any atom is 0.127 e. The van der Waals surface area contributed by atoms with Gasteiger partial charge in [0.1, 0.15) is 5.69 Å². The predicted molar refractivity (Wildman–Crippen MR) is 127 cm³/mol. The fourth-order valence-corrected chi connectivity index (χ4v) is 4.03. The SMILES string of the molecule is CCC(C)(Cc1ccc(N)cc1)c1ccc(N)c(CC(C)(N)c2ccc([NH3+])cc2)c1. The molecule has 9 N–H and O–H groups in total. The van der Waals surface area contributed by atoms with Crippen LogP contribution in [-0.4, -0.2) is 0 Å². The zero-order chi connectivity index (χ0) is 21.9. The smallest absolute Gasteiger partial charge is 0.127 e. The second kappa shape index (κ2) is 8.50. The minimum atomic E-state index is -0.514. The molecule has 0 aliphatic heterocycles. The largest absolute Gasteiger partial charge is 0.399 e. The molecule has 3 rings (SSSR count). The van der Waals surface area contributed by atoms with Crippen molar-refractivity contribution in [1.29, 1.82) is 0 Å². The first-order chi connectivity index (χ1) is 14.1. The van der Waals surface area contributed by atoms with Crippen molar-refractivity contribution in [3.05, 3.63) is 89.0 Å². The number of quaternary nitrogens is 1. The van der Waals surface area contributed by atoms with Gasteiger partial charge in [0.25, 0.3) is 0 Å². The third-order valence-corrected chi connectivity index (χ3v) is 6.37. The normalized spacial score (nSPS) is 15.4. The van der Waals surface area contributed by atoms with Crippen LogP contribution in [-0.2, 0) is 23.8 Å². The average molecular weight is 404 g/mol. The maximum atomic E-state index is 6.73. The van der Waals surface area contributed by atoms with E-state index in [9.17, 15) is 0 Å². The molecule has 2 atom stereocenters. The minimum Gasteiger partial charge on any atom is -0.399 e. The van der Waals surface area contributed by atoms with Crippen LogP contribution in [0.4, 0.5) is 17.1 Å². The first-order valence-corrected chi connectivity index (χ1v) is 10.6. The molecule has 0 radical (unpaired) electrons. The van der Waals surface area contributed by atoms with Gasteiger partial charge in [-0.05, 0) is 84.2 Å². The molecule has 3 aromatic rings. The molecule has 0 aliphatic carbocycles. The molecular formula is C26H35N4+. The van der Waals surface area contributed by atoms with E-state index < -0.39 is 5.54 Å². The molecule has 0 heterocycles. The van der Waals surface area contributed by atoms with Crippen molar-refractivity contribution in [2.24, 2.45) is 5.73 Å². The van der Waals surface area contributed by atoms with Gasteiger partial charge >= 0.3 is 0 Å². The Bertz CT molecular complexity index is 991. The van der Waals surface area contributed by atoms with Crippen molar-refractivity contribution in [3.8, 4) is 0 Å². The van der Waals surface area contributed by atoms with Crippen LogP contribution in [0.15, 0.2) is 66.7 Å². The van der Waals surface area contributed by atoms with E-state index in [2.05, 4.69) is 62.9 Å². The summed E-state index contributed by atoms with van der Waals surface area (Å²) in [7, 11) is 0. The van der Waals surface area contributed by atoms with E-state index >= 15 is 0 Å². The second-order valence-electron chi connectivity index (χ2n) is 9.04. The summed E-state index contributed by atoms with van der Waals surface area (Å²) in [6, 6.07) is 22.7. The number of hydrogen-bond donors (Lipinski definition) is 4. The molecule has 4 heteroatoms. The number of benzene rings is 3. The highest BCUT2D eigenvalue weighted by atomic mass is 14.7. The van der Waals surface area contributed by atoms with Crippen LogP contribution < -0.4 is 22.9 Å². The topological polar surface area (TPSA) is 106 Å². The summed E-state index contributed by atoms with van der Waals surface area (Å²) < 4.78 is 0. The van der Waals surface area contributed by atoms with E-state index in [4.69, 9.17) is 17.2 Å². The van der Waals surface area contributed by atoms with Gasteiger partial charge in [-0.2, -0.15) is 0 Å². The first kappa shape index (κ1) is 21.9. The molecule has 0 aliphatic rings. The van der Waals surface area contributed by atoms with Gasteiger partial charge in [-0.1, -0.05) is 50.2 Å². The quantitative estimate of drug-likeness (QED) is 0.447. The molecule has 0 bridgehead atoms. The van der Waals surface area contributed by atoms with Crippen molar-refractivity contribution in [3.63, 3.8) is 0 Å².